The summed E-state index contributed by atoms with van der Waals surface area (Å²) in [5.41, 5.74) is 2.63. The summed E-state index contributed by atoms with van der Waals surface area (Å²) in [5, 5.41) is 22.0. The third-order valence-corrected chi connectivity index (χ3v) is 5.47. The van der Waals surface area contributed by atoms with Crippen molar-refractivity contribution in [2.45, 2.75) is 25.0 Å². The molecule has 0 radical (unpaired) electrons. The highest BCUT2D eigenvalue weighted by Gasteiger charge is 2.25. The van der Waals surface area contributed by atoms with E-state index in [0.717, 1.165) is 16.7 Å². The lowest BCUT2D eigenvalue weighted by molar-refractivity contribution is -0.156. The molecule has 0 aliphatic rings. The summed E-state index contributed by atoms with van der Waals surface area (Å²) < 4.78 is 10.3. The van der Waals surface area contributed by atoms with Gasteiger partial charge in [0.2, 0.25) is 0 Å². The average molecular weight is 512 g/mol. The van der Waals surface area contributed by atoms with Gasteiger partial charge in [0, 0.05) is 17.5 Å². The van der Waals surface area contributed by atoms with Crippen LogP contribution in [-0.4, -0.2) is 53.4 Å². The van der Waals surface area contributed by atoms with E-state index in [-0.39, 0.29) is 26.1 Å². The smallest absolute Gasteiger partial charge is 0.396 e. The molecule has 0 saturated heterocycles. The lowest BCUT2D eigenvalue weighted by atomic mass is 9.98. The molecule has 0 aromatic heterocycles. The zero-order valence-corrected chi connectivity index (χ0v) is 20.1. The van der Waals surface area contributed by atoms with Crippen molar-refractivity contribution in [3.8, 4) is 16.9 Å². The third kappa shape index (κ3) is 8.41. The van der Waals surface area contributed by atoms with Gasteiger partial charge in [0.1, 0.15) is 19.0 Å². The molecule has 3 aromatic carbocycles. The zero-order chi connectivity index (χ0) is 25.9. The first-order valence-electron chi connectivity index (χ1n) is 11.2. The lowest BCUT2D eigenvalue weighted by Crippen LogP contribution is -2.44. The Morgan fingerprint density at radius 3 is 2.28 bits per heavy atom. The number of halogens is 1. The van der Waals surface area contributed by atoms with E-state index in [0.29, 0.717) is 10.8 Å². The monoisotopic (exact) mass is 511 g/mol. The van der Waals surface area contributed by atoms with Gasteiger partial charge in [0.15, 0.2) is 6.10 Å². The van der Waals surface area contributed by atoms with Crippen LogP contribution in [-0.2, 0) is 25.5 Å². The Kier molecular flexibility index (Phi) is 9.85. The zero-order valence-electron chi connectivity index (χ0n) is 19.3. The molecule has 0 heterocycles. The second kappa shape index (κ2) is 13.3. The van der Waals surface area contributed by atoms with Crippen LogP contribution in [0, 0.1) is 0 Å². The van der Waals surface area contributed by atoms with E-state index in [1.807, 2.05) is 48.5 Å². The van der Waals surface area contributed by atoms with Crippen LogP contribution in [0.4, 0.5) is 0 Å². The fraction of sp³-hybridized carbons (Fsp3) is 0.222. The molecule has 3 rings (SSSR count). The molecule has 0 saturated carbocycles. The molecule has 3 aromatic rings. The molecule has 0 aliphatic heterocycles. The van der Waals surface area contributed by atoms with Gasteiger partial charge in [-0.1, -0.05) is 66.2 Å². The largest absolute Gasteiger partial charge is 0.490 e. The average Bonchev–Trinajstić information content (AvgIpc) is 2.87. The van der Waals surface area contributed by atoms with Gasteiger partial charge in [0.05, 0.1) is 0 Å². The molecule has 1 amide bonds. The number of aliphatic carboxylic acids is 1. The highest BCUT2D eigenvalue weighted by molar-refractivity contribution is 6.32. The molecule has 3 N–H and O–H groups in total. The van der Waals surface area contributed by atoms with Crippen molar-refractivity contribution in [1.82, 2.24) is 5.32 Å². The molecule has 8 nitrogen and oxygen atoms in total. The number of rotatable bonds is 11. The molecule has 0 fully saturated rings. The molecule has 0 bridgehead atoms. The summed E-state index contributed by atoms with van der Waals surface area (Å²) in [6.45, 7) is -0.0856. The normalized spacial score (nSPS) is 12.3. The van der Waals surface area contributed by atoms with E-state index in [1.54, 1.807) is 30.3 Å². The molecular weight excluding hydrogens is 486 g/mol. The number of para-hydroxylation sites is 1. The lowest BCUT2D eigenvalue weighted by Gasteiger charge is -2.20. The second-order valence-electron chi connectivity index (χ2n) is 7.97. The van der Waals surface area contributed by atoms with Crippen molar-refractivity contribution in [3.05, 3.63) is 89.4 Å². The Morgan fingerprint density at radius 2 is 1.61 bits per heavy atom. The SMILES string of the molecule is O=C(NC(Cc1ccc(-c2cccc(Cl)c2)cc1)CC(O)C(=O)O)C(=O)OCCOc1ccccc1. The van der Waals surface area contributed by atoms with Crippen LogP contribution in [0.15, 0.2) is 78.9 Å². The summed E-state index contributed by atoms with van der Waals surface area (Å²) in [4.78, 5) is 35.6. The number of nitrogens with one attached hydrogen (secondary N) is 1. The van der Waals surface area contributed by atoms with E-state index in [4.69, 9.17) is 26.2 Å². The van der Waals surface area contributed by atoms with Gasteiger partial charge in [-0.05, 0) is 47.4 Å². The molecule has 2 unspecified atom stereocenters. The number of esters is 1. The number of ether oxygens (including phenoxy) is 2. The molecule has 9 heteroatoms. The van der Waals surface area contributed by atoms with Gasteiger partial charge in [-0.2, -0.15) is 0 Å². The van der Waals surface area contributed by atoms with Crippen LogP contribution in [0.25, 0.3) is 11.1 Å². The predicted octanol–water partition coefficient (Wildman–Crippen LogP) is 3.49. The third-order valence-electron chi connectivity index (χ3n) is 5.24. The molecule has 2 atom stereocenters. The van der Waals surface area contributed by atoms with Gasteiger partial charge in [-0.25, -0.2) is 9.59 Å². The van der Waals surface area contributed by atoms with Crippen LogP contribution >= 0.6 is 11.6 Å². The van der Waals surface area contributed by atoms with Crippen molar-refractivity contribution < 1.29 is 34.1 Å². The first-order chi connectivity index (χ1) is 17.3. The number of hydrogen-bond donors (Lipinski definition) is 3. The number of hydrogen-bond acceptors (Lipinski definition) is 6. The summed E-state index contributed by atoms with van der Waals surface area (Å²) in [7, 11) is 0. The standard InChI is InChI=1S/C27H26ClNO7/c28-21-6-4-5-20(16-21)19-11-9-18(10-12-19)15-22(17-24(30)26(32)33)29-25(31)27(34)36-14-13-35-23-7-2-1-3-8-23/h1-12,16,22,24,30H,13-15,17H2,(H,29,31)(H,32,33). The van der Waals surface area contributed by atoms with E-state index in [2.05, 4.69) is 5.32 Å². The molecule has 188 valence electrons. The minimum absolute atomic E-state index is 0.0587. The van der Waals surface area contributed by atoms with E-state index < -0.39 is 30.0 Å². The fourth-order valence-corrected chi connectivity index (χ4v) is 3.66. The van der Waals surface area contributed by atoms with E-state index in [9.17, 15) is 19.5 Å². The van der Waals surface area contributed by atoms with Gasteiger partial charge in [-0.3, -0.25) is 4.79 Å². The Hall–Kier alpha value is -3.88. The van der Waals surface area contributed by atoms with Crippen molar-refractivity contribution in [3.63, 3.8) is 0 Å². The topological polar surface area (TPSA) is 122 Å². The van der Waals surface area contributed by atoms with E-state index >= 15 is 0 Å². The molecule has 36 heavy (non-hydrogen) atoms. The minimum Gasteiger partial charge on any atom is -0.490 e. The van der Waals surface area contributed by atoms with Crippen molar-refractivity contribution in [2.75, 3.05) is 13.2 Å². The fourth-order valence-electron chi connectivity index (χ4n) is 3.47. The number of carbonyl (C=O) groups is 3. The molecular formula is C27H26ClNO7. The number of benzene rings is 3. The first kappa shape index (κ1) is 26.7. The highest BCUT2D eigenvalue weighted by Crippen LogP contribution is 2.23. The Morgan fingerprint density at radius 1 is 0.889 bits per heavy atom. The summed E-state index contributed by atoms with van der Waals surface area (Å²) in [5.74, 6) is -2.99. The van der Waals surface area contributed by atoms with Gasteiger partial charge in [0.25, 0.3) is 0 Å². The summed E-state index contributed by atoms with van der Waals surface area (Å²) in [6, 6.07) is 22.9. The minimum atomic E-state index is -1.71. The van der Waals surface area contributed by atoms with Crippen molar-refractivity contribution >= 4 is 29.4 Å². The summed E-state index contributed by atoms with van der Waals surface area (Å²) >= 11 is 6.05. The van der Waals surface area contributed by atoms with Crippen LogP contribution in [0.5, 0.6) is 5.75 Å². The number of carboxylic acids is 1. The maximum Gasteiger partial charge on any atom is 0.396 e. The Labute approximate surface area is 213 Å². The number of aliphatic hydroxyl groups excluding tert-OH is 1. The quantitative estimate of drug-likeness (QED) is 0.204. The van der Waals surface area contributed by atoms with Crippen LogP contribution in [0.2, 0.25) is 5.02 Å². The Balaban J connectivity index is 1.57. The predicted molar refractivity (Wildman–Crippen MR) is 134 cm³/mol. The number of carboxylic acid groups (broad SMARTS) is 1. The molecule has 0 aliphatic carbocycles. The van der Waals surface area contributed by atoms with Crippen LogP contribution in [0.1, 0.15) is 12.0 Å². The number of amides is 1. The molecule has 0 spiro atoms. The van der Waals surface area contributed by atoms with Crippen molar-refractivity contribution in [2.24, 2.45) is 0 Å². The first-order valence-corrected chi connectivity index (χ1v) is 11.6. The Bertz CT molecular complexity index is 1170. The van der Waals surface area contributed by atoms with Crippen LogP contribution < -0.4 is 10.1 Å². The van der Waals surface area contributed by atoms with Gasteiger partial charge < -0.3 is 25.0 Å². The maximum atomic E-state index is 12.4. The van der Waals surface area contributed by atoms with Crippen LogP contribution in [0.3, 0.4) is 0 Å². The summed E-state index contributed by atoms with van der Waals surface area (Å²) in [6.07, 6.45) is -1.81. The number of carbonyl (C=O) groups excluding carboxylic acids is 2. The number of aliphatic hydroxyl groups is 1. The second-order valence-corrected chi connectivity index (χ2v) is 8.41. The van der Waals surface area contributed by atoms with E-state index in [1.165, 1.54) is 0 Å². The van der Waals surface area contributed by atoms with Gasteiger partial charge >= 0.3 is 17.8 Å². The maximum absolute atomic E-state index is 12.4. The van der Waals surface area contributed by atoms with Gasteiger partial charge in [-0.15, -0.1) is 0 Å². The highest BCUT2D eigenvalue weighted by atomic mass is 35.5. The van der Waals surface area contributed by atoms with Crippen molar-refractivity contribution in [1.29, 1.82) is 0 Å².